The summed E-state index contributed by atoms with van der Waals surface area (Å²) >= 11 is 5.96. The van der Waals surface area contributed by atoms with Crippen molar-refractivity contribution in [3.63, 3.8) is 0 Å². The van der Waals surface area contributed by atoms with Crippen molar-refractivity contribution in [2.75, 3.05) is 19.6 Å². The molecule has 1 saturated heterocycles. The van der Waals surface area contributed by atoms with Crippen LogP contribution in [0.1, 0.15) is 18.4 Å². The molecule has 5 heteroatoms. The molecule has 1 aliphatic heterocycles. The summed E-state index contributed by atoms with van der Waals surface area (Å²) in [5.74, 6) is -0.0831. The highest BCUT2D eigenvalue weighted by Gasteiger charge is 2.14. The summed E-state index contributed by atoms with van der Waals surface area (Å²) in [6, 6.07) is 7.36. The van der Waals surface area contributed by atoms with Gasteiger partial charge in [-0.05, 0) is 32.0 Å². The van der Waals surface area contributed by atoms with E-state index >= 15 is 0 Å². The molecule has 0 spiro atoms. The van der Waals surface area contributed by atoms with Gasteiger partial charge >= 0.3 is 0 Å². The van der Waals surface area contributed by atoms with Gasteiger partial charge in [-0.2, -0.15) is 5.10 Å². The maximum Gasteiger partial charge on any atom is 0.254 e. The first-order valence-corrected chi connectivity index (χ1v) is 6.42. The number of benzene rings is 1. The summed E-state index contributed by atoms with van der Waals surface area (Å²) in [5.41, 5.74) is 3.31. The van der Waals surface area contributed by atoms with E-state index in [4.69, 9.17) is 11.6 Å². The molecular formula is C13H16ClN3O. The van der Waals surface area contributed by atoms with Crippen molar-refractivity contribution >= 4 is 23.7 Å². The van der Waals surface area contributed by atoms with E-state index in [0.717, 1.165) is 18.7 Å². The summed E-state index contributed by atoms with van der Waals surface area (Å²) in [5, 5.41) is 4.53. The molecular weight excluding hydrogens is 250 g/mol. The van der Waals surface area contributed by atoms with Crippen molar-refractivity contribution in [1.29, 1.82) is 0 Å². The second-order valence-corrected chi connectivity index (χ2v) is 4.71. The number of likely N-dealkylation sites (tertiary alicyclic amines) is 1. The van der Waals surface area contributed by atoms with Gasteiger partial charge in [0.1, 0.15) is 0 Å². The van der Waals surface area contributed by atoms with Gasteiger partial charge in [0.2, 0.25) is 0 Å². The molecule has 0 saturated carbocycles. The highest BCUT2D eigenvalue weighted by atomic mass is 35.5. The second kappa shape index (κ2) is 6.52. The molecule has 0 atom stereocenters. The Bertz CT molecular complexity index is 442. The Balaban J connectivity index is 1.80. The molecule has 1 fully saturated rings. The van der Waals surface area contributed by atoms with Crippen LogP contribution >= 0.6 is 11.6 Å². The maximum absolute atomic E-state index is 11.6. The van der Waals surface area contributed by atoms with Gasteiger partial charge in [0, 0.05) is 10.6 Å². The zero-order valence-electron chi connectivity index (χ0n) is 10.1. The number of rotatable bonds is 4. The minimum atomic E-state index is -0.0831. The minimum absolute atomic E-state index is 0.0831. The van der Waals surface area contributed by atoms with E-state index < -0.39 is 0 Å². The SMILES string of the molecule is O=C(CN1CCCC1)N/N=C/c1ccccc1Cl. The van der Waals surface area contributed by atoms with Crippen LogP contribution in [-0.2, 0) is 4.79 Å². The normalized spacial score (nSPS) is 16.3. The van der Waals surface area contributed by atoms with Crippen LogP contribution in [0.25, 0.3) is 0 Å². The standard InChI is InChI=1S/C13H16ClN3O/c14-12-6-2-1-5-11(12)9-15-16-13(18)10-17-7-3-4-8-17/h1-2,5-6,9H,3-4,7-8,10H2,(H,16,18)/b15-9+. The molecule has 1 amide bonds. The zero-order chi connectivity index (χ0) is 12.8. The fourth-order valence-corrected chi connectivity index (χ4v) is 2.12. The molecule has 0 radical (unpaired) electrons. The van der Waals surface area contributed by atoms with Gasteiger partial charge in [0.15, 0.2) is 0 Å². The Morgan fingerprint density at radius 1 is 1.39 bits per heavy atom. The number of carbonyl (C=O) groups excluding carboxylic acids is 1. The molecule has 1 aromatic rings. The van der Waals surface area contributed by atoms with Gasteiger partial charge in [-0.1, -0.05) is 29.8 Å². The topological polar surface area (TPSA) is 44.7 Å². The number of halogens is 1. The maximum atomic E-state index is 11.6. The third-order valence-corrected chi connectivity index (χ3v) is 3.21. The lowest BCUT2D eigenvalue weighted by atomic mass is 10.2. The molecule has 0 aromatic heterocycles. The Labute approximate surface area is 112 Å². The number of nitrogens with zero attached hydrogens (tertiary/aromatic N) is 2. The lowest BCUT2D eigenvalue weighted by molar-refractivity contribution is -0.121. The average Bonchev–Trinajstić information content (AvgIpc) is 2.84. The monoisotopic (exact) mass is 265 g/mol. The molecule has 0 aliphatic carbocycles. The van der Waals surface area contributed by atoms with E-state index in [-0.39, 0.29) is 5.91 Å². The summed E-state index contributed by atoms with van der Waals surface area (Å²) in [6.07, 6.45) is 3.91. The second-order valence-electron chi connectivity index (χ2n) is 4.30. The molecule has 18 heavy (non-hydrogen) atoms. The van der Waals surface area contributed by atoms with Crippen LogP contribution in [0.4, 0.5) is 0 Å². The minimum Gasteiger partial charge on any atom is -0.294 e. The largest absolute Gasteiger partial charge is 0.294 e. The zero-order valence-corrected chi connectivity index (χ0v) is 10.9. The first kappa shape index (κ1) is 13.1. The van der Waals surface area contributed by atoms with Crippen LogP contribution in [0, 0.1) is 0 Å². The first-order chi connectivity index (χ1) is 8.75. The van der Waals surface area contributed by atoms with Gasteiger partial charge in [0.25, 0.3) is 5.91 Å². The highest BCUT2D eigenvalue weighted by Crippen LogP contribution is 2.12. The van der Waals surface area contributed by atoms with Crippen LogP contribution in [0.2, 0.25) is 5.02 Å². The fourth-order valence-electron chi connectivity index (χ4n) is 1.93. The van der Waals surface area contributed by atoms with E-state index in [9.17, 15) is 4.79 Å². The van der Waals surface area contributed by atoms with Crippen LogP contribution in [-0.4, -0.2) is 36.7 Å². The number of hydrazone groups is 1. The Morgan fingerprint density at radius 3 is 2.83 bits per heavy atom. The van der Waals surface area contributed by atoms with Crippen molar-refractivity contribution in [2.24, 2.45) is 5.10 Å². The smallest absolute Gasteiger partial charge is 0.254 e. The Kier molecular flexibility index (Phi) is 4.73. The van der Waals surface area contributed by atoms with Gasteiger partial charge in [0.05, 0.1) is 12.8 Å². The van der Waals surface area contributed by atoms with E-state index in [2.05, 4.69) is 15.4 Å². The molecule has 0 unspecified atom stereocenters. The van der Waals surface area contributed by atoms with Gasteiger partial charge in [-0.3, -0.25) is 9.69 Å². The highest BCUT2D eigenvalue weighted by molar-refractivity contribution is 6.33. The van der Waals surface area contributed by atoms with E-state index in [1.165, 1.54) is 12.8 Å². The number of carbonyl (C=O) groups is 1. The van der Waals surface area contributed by atoms with Crippen molar-refractivity contribution in [3.8, 4) is 0 Å². The lowest BCUT2D eigenvalue weighted by Gasteiger charge is -2.12. The lowest BCUT2D eigenvalue weighted by Crippen LogP contribution is -2.33. The number of hydrogen-bond acceptors (Lipinski definition) is 3. The summed E-state index contributed by atoms with van der Waals surface area (Å²) in [7, 11) is 0. The van der Waals surface area contributed by atoms with Crippen LogP contribution in [0.3, 0.4) is 0 Å². The molecule has 1 heterocycles. The summed E-state index contributed by atoms with van der Waals surface area (Å²) in [4.78, 5) is 13.7. The van der Waals surface area contributed by atoms with Crippen molar-refractivity contribution in [2.45, 2.75) is 12.8 Å². The Morgan fingerprint density at radius 2 is 2.11 bits per heavy atom. The first-order valence-electron chi connectivity index (χ1n) is 6.04. The van der Waals surface area contributed by atoms with E-state index in [0.29, 0.717) is 11.6 Å². The number of hydrogen-bond donors (Lipinski definition) is 1. The Hall–Kier alpha value is -1.39. The fraction of sp³-hybridized carbons (Fsp3) is 0.385. The van der Waals surface area contributed by atoms with Crippen molar-refractivity contribution < 1.29 is 4.79 Å². The molecule has 1 N–H and O–H groups in total. The predicted molar refractivity (Wildman–Crippen MR) is 72.9 cm³/mol. The van der Waals surface area contributed by atoms with Crippen molar-refractivity contribution in [1.82, 2.24) is 10.3 Å². The number of nitrogens with one attached hydrogen (secondary N) is 1. The molecule has 1 aliphatic rings. The molecule has 96 valence electrons. The van der Waals surface area contributed by atoms with E-state index in [1.807, 2.05) is 18.2 Å². The average molecular weight is 266 g/mol. The summed E-state index contributed by atoms with van der Waals surface area (Å²) < 4.78 is 0. The number of amides is 1. The van der Waals surface area contributed by atoms with E-state index in [1.54, 1.807) is 12.3 Å². The van der Waals surface area contributed by atoms with Gasteiger partial charge in [-0.25, -0.2) is 5.43 Å². The summed E-state index contributed by atoms with van der Waals surface area (Å²) in [6.45, 7) is 2.42. The van der Waals surface area contributed by atoms with Gasteiger partial charge < -0.3 is 0 Å². The van der Waals surface area contributed by atoms with Crippen LogP contribution < -0.4 is 5.43 Å². The quantitative estimate of drug-likeness (QED) is 0.667. The molecule has 1 aromatic carbocycles. The van der Waals surface area contributed by atoms with Crippen LogP contribution in [0.5, 0.6) is 0 Å². The molecule has 4 nitrogen and oxygen atoms in total. The van der Waals surface area contributed by atoms with Crippen molar-refractivity contribution in [3.05, 3.63) is 34.9 Å². The third kappa shape index (κ3) is 3.82. The molecule has 0 bridgehead atoms. The molecule has 2 rings (SSSR count). The predicted octanol–water partition coefficient (Wildman–Crippen LogP) is 1.89. The third-order valence-electron chi connectivity index (χ3n) is 2.86. The van der Waals surface area contributed by atoms with Crippen LogP contribution in [0.15, 0.2) is 29.4 Å². The van der Waals surface area contributed by atoms with Gasteiger partial charge in [-0.15, -0.1) is 0 Å².